The molecule has 1 N–H and O–H groups in total. The van der Waals surface area contributed by atoms with E-state index in [0.717, 1.165) is 6.26 Å². The second-order valence-electron chi connectivity index (χ2n) is 13.1. The number of benzene rings is 1. The second-order valence-corrected chi connectivity index (χ2v) is 15.0. The zero-order valence-electron chi connectivity index (χ0n) is 28.2. The fourth-order valence-corrected chi connectivity index (χ4v) is 8.25. The normalized spacial score (nSPS) is 16.7. The minimum absolute atomic E-state index is 0.0163. The molecule has 0 aliphatic carbocycles. The highest BCUT2D eigenvalue weighted by atomic mass is 32.2. The third kappa shape index (κ3) is 5.75. The lowest BCUT2D eigenvalue weighted by molar-refractivity contribution is -0.132. The molecule has 1 aromatic carbocycles. The van der Waals surface area contributed by atoms with Crippen LogP contribution in [0, 0.1) is 26.2 Å². The zero-order valence-corrected chi connectivity index (χ0v) is 29.0. The van der Waals surface area contributed by atoms with Gasteiger partial charge in [0.05, 0.1) is 23.1 Å². The van der Waals surface area contributed by atoms with Gasteiger partial charge < -0.3 is 9.74 Å². The Morgan fingerprint density at radius 2 is 1.94 bits per heavy atom. The first-order chi connectivity index (χ1) is 23.6. The first kappa shape index (κ1) is 34.6. The van der Waals surface area contributed by atoms with Crippen molar-refractivity contribution in [2.24, 2.45) is 0 Å². The van der Waals surface area contributed by atoms with Gasteiger partial charge in [0.25, 0.3) is 11.5 Å². The average molecular weight is 700 g/mol. The molecule has 1 fully saturated rings. The lowest BCUT2D eigenvalue weighted by Crippen LogP contribution is -2.47. The molecule has 1 amide bonds. The summed E-state index contributed by atoms with van der Waals surface area (Å²) in [7, 11) is -4.29. The molecule has 0 radical (unpaired) electrons. The summed E-state index contributed by atoms with van der Waals surface area (Å²) in [5, 5.41) is 7.70. The van der Waals surface area contributed by atoms with Crippen LogP contribution in [0.5, 0.6) is 0 Å². The van der Waals surface area contributed by atoms with Crippen molar-refractivity contribution in [3.63, 3.8) is 0 Å². The molecule has 6 rings (SSSR count). The van der Waals surface area contributed by atoms with Crippen LogP contribution in [0.4, 0.5) is 8.78 Å². The Morgan fingerprint density at radius 1 is 1.20 bits per heavy atom. The molecule has 50 heavy (non-hydrogen) atoms. The van der Waals surface area contributed by atoms with Crippen LogP contribution in [-0.4, -0.2) is 69.3 Å². The summed E-state index contributed by atoms with van der Waals surface area (Å²) in [5.41, 5.74) is 2.38. The van der Waals surface area contributed by atoms with Gasteiger partial charge in [-0.15, -0.1) is 0 Å². The van der Waals surface area contributed by atoms with Gasteiger partial charge in [-0.3, -0.25) is 24.2 Å². The minimum atomic E-state index is -4.29. The number of likely N-dealkylation sites (tertiary alicyclic amines) is 1. The number of aryl methyl sites for hydroxylation is 2. The third-order valence-corrected chi connectivity index (χ3v) is 10.5. The van der Waals surface area contributed by atoms with E-state index >= 15 is 4.39 Å². The lowest BCUT2D eigenvalue weighted by Gasteiger charge is -2.37. The van der Waals surface area contributed by atoms with Crippen molar-refractivity contribution in [3.05, 3.63) is 99.0 Å². The maximum Gasteiger partial charge on any atom is 0.282 e. The number of aromatic amines is 1. The molecule has 1 aliphatic heterocycles. The van der Waals surface area contributed by atoms with E-state index in [4.69, 9.17) is 11.6 Å². The topological polar surface area (TPSA) is 135 Å². The van der Waals surface area contributed by atoms with Crippen molar-refractivity contribution < 1.29 is 22.0 Å². The SMILES string of the molecule is [C-]#[N+]C[C@H]1CC(c2c(S(C)(=O)=O)c(=O)n(-c3c(C)ccnc3C(C)C)c3nc(-c4c(C)ccc5[nH]ncc45)c(F)cc23)CCN1C(=O)C(=C)F. The van der Waals surface area contributed by atoms with Crippen molar-refractivity contribution in [2.45, 2.75) is 63.3 Å². The summed E-state index contributed by atoms with van der Waals surface area (Å²) in [6, 6.07) is 5.71. The van der Waals surface area contributed by atoms with Gasteiger partial charge in [0.1, 0.15) is 28.1 Å². The van der Waals surface area contributed by atoms with E-state index < -0.39 is 49.8 Å². The predicted octanol–water partition coefficient (Wildman–Crippen LogP) is 6.08. The number of sulfone groups is 1. The van der Waals surface area contributed by atoms with E-state index in [0.29, 0.717) is 39.0 Å². The number of fused-ring (bicyclic) bond motifs is 2. The first-order valence-corrected chi connectivity index (χ1v) is 17.9. The van der Waals surface area contributed by atoms with Crippen LogP contribution in [0.3, 0.4) is 0 Å². The molecule has 2 atom stereocenters. The Hall–Kier alpha value is -5.29. The average Bonchev–Trinajstić information content (AvgIpc) is 3.53. The highest BCUT2D eigenvalue weighted by Crippen LogP contribution is 2.41. The summed E-state index contributed by atoms with van der Waals surface area (Å²) >= 11 is 0. The molecule has 5 aromatic rings. The summed E-state index contributed by atoms with van der Waals surface area (Å²) in [6.07, 6.45) is 4.21. The number of amides is 1. The third-order valence-electron chi connectivity index (χ3n) is 9.38. The van der Waals surface area contributed by atoms with Gasteiger partial charge in [0, 0.05) is 35.3 Å². The smallest absolute Gasteiger partial charge is 0.282 e. The monoisotopic (exact) mass is 699 g/mol. The Balaban J connectivity index is 1.76. The Morgan fingerprint density at radius 3 is 2.60 bits per heavy atom. The van der Waals surface area contributed by atoms with E-state index in [1.54, 1.807) is 38.4 Å². The van der Waals surface area contributed by atoms with Crippen LogP contribution in [0.1, 0.15) is 60.9 Å². The second kappa shape index (κ2) is 12.9. The molecule has 11 nitrogen and oxygen atoms in total. The van der Waals surface area contributed by atoms with Crippen LogP contribution >= 0.6 is 0 Å². The maximum atomic E-state index is 16.7. The zero-order chi connectivity index (χ0) is 36.2. The van der Waals surface area contributed by atoms with Gasteiger partial charge in [-0.2, -0.15) is 5.10 Å². The molecule has 1 unspecified atom stereocenters. The number of pyridine rings is 3. The Kier molecular flexibility index (Phi) is 8.90. The number of piperidine rings is 1. The van der Waals surface area contributed by atoms with Crippen LogP contribution in [0.2, 0.25) is 0 Å². The molecule has 258 valence electrons. The summed E-state index contributed by atoms with van der Waals surface area (Å²) in [6.45, 7) is 17.7. The van der Waals surface area contributed by atoms with E-state index in [-0.39, 0.29) is 54.1 Å². The number of nitrogens with zero attached hydrogens (tertiary/aromatic N) is 6. The molecule has 1 saturated heterocycles. The number of rotatable bonds is 7. The fraction of sp³-hybridized carbons (Fsp3) is 0.333. The van der Waals surface area contributed by atoms with Gasteiger partial charge in [-0.1, -0.05) is 26.5 Å². The van der Waals surface area contributed by atoms with Gasteiger partial charge in [0.15, 0.2) is 15.7 Å². The number of carbonyl (C=O) groups is 1. The van der Waals surface area contributed by atoms with Gasteiger partial charge >= 0.3 is 0 Å². The standard InChI is InChI=1S/C36H35F2N7O4S/c1-18(2)30-32(20(4)10-12-40-30)45-34-24(15-26(38)31(42-34)28-19(3)8-9-27-25(28)17-41-43-27)29(33(36(45)47)50(7,48)49)22-11-13-44(35(46)21(5)37)23(14-22)16-39-6/h8-10,12,15,17-18,22-23H,5,11,13-14,16H2,1-4,7H3,(H,41,43)/t22?,23-/m1/s1. The molecule has 4 aromatic heterocycles. The minimum Gasteiger partial charge on any atom is -0.326 e. The molecule has 0 saturated carbocycles. The number of carbonyl (C=O) groups excluding carboxylic acids is 1. The maximum absolute atomic E-state index is 16.7. The lowest BCUT2D eigenvalue weighted by atomic mass is 9.83. The number of aromatic nitrogens is 5. The van der Waals surface area contributed by atoms with E-state index in [9.17, 15) is 22.4 Å². The predicted molar refractivity (Wildman–Crippen MR) is 186 cm³/mol. The number of halogens is 2. The van der Waals surface area contributed by atoms with Crippen LogP contribution in [-0.2, 0) is 14.6 Å². The highest BCUT2D eigenvalue weighted by Gasteiger charge is 2.39. The van der Waals surface area contributed by atoms with Gasteiger partial charge in [-0.25, -0.2) is 28.8 Å². The number of hydrogen-bond acceptors (Lipinski definition) is 7. The summed E-state index contributed by atoms with van der Waals surface area (Å²) in [5.74, 6) is -3.84. The number of H-pyrrole nitrogens is 1. The van der Waals surface area contributed by atoms with Crippen molar-refractivity contribution in [1.82, 2.24) is 29.6 Å². The largest absolute Gasteiger partial charge is 0.326 e. The Labute approximate surface area is 287 Å². The number of nitrogens with one attached hydrogen (secondary N) is 1. The molecular formula is C36H35F2N7O4S. The molecule has 5 heterocycles. The van der Waals surface area contributed by atoms with Crippen molar-refractivity contribution in [2.75, 3.05) is 19.3 Å². The van der Waals surface area contributed by atoms with Gasteiger partial charge in [0.2, 0.25) is 6.54 Å². The van der Waals surface area contributed by atoms with E-state index in [2.05, 4.69) is 26.6 Å². The molecule has 1 aliphatic rings. The van der Waals surface area contributed by atoms with Crippen molar-refractivity contribution in [3.8, 4) is 16.9 Å². The first-order valence-electron chi connectivity index (χ1n) is 16.0. The highest BCUT2D eigenvalue weighted by molar-refractivity contribution is 7.90. The van der Waals surface area contributed by atoms with Gasteiger partial charge in [-0.05, 0) is 73.4 Å². The number of hydrogen-bond donors (Lipinski definition) is 1. The summed E-state index contributed by atoms with van der Waals surface area (Å²) < 4.78 is 59.4. The van der Waals surface area contributed by atoms with Crippen LogP contribution in [0.15, 0.2) is 58.8 Å². The van der Waals surface area contributed by atoms with Crippen molar-refractivity contribution >= 4 is 37.7 Å². The fourth-order valence-electron chi connectivity index (χ4n) is 7.17. The molecule has 0 spiro atoms. The quantitative estimate of drug-likeness (QED) is 0.161. The van der Waals surface area contributed by atoms with Crippen LogP contribution in [0.25, 0.3) is 43.7 Å². The van der Waals surface area contributed by atoms with Crippen molar-refractivity contribution in [1.29, 1.82) is 0 Å². The Bertz CT molecular complexity index is 2450. The van der Waals surface area contributed by atoms with Crippen LogP contribution < -0.4 is 5.56 Å². The summed E-state index contributed by atoms with van der Waals surface area (Å²) in [4.78, 5) is 41.1. The molecular weight excluding hydrogens is 665 g/mol. The van der Waals surface area contributed by atoms with E-state index in [1.165, 1.54) is 15.5 Å². The van der Waals surface area contributed by atoms with E-state index in [1.807, 2.05) is 19.9 Å². The molecule has 14 heteroatoms. The molecule has 0 bridgehead atoms.